The van der Waals surface area contributed by atoms with E-state index in [-0.39, 0.29) is 11.8 Å². The van der Waals surface area contributed by atoms with Gasteiger partial charge in [0.1, 0.15) is 0 Å². The molecule has 0 aromatic heterocycles. The van der Waals surface area contributed by atoms with Crippen molar-refractivity contribution in [3.8, 4) is 0 Å². The molecule has 2 rings (SSSR count). The lowest BCUT2D eigenvalue weighted by Crippen LogP contribution is -2.18. The third-order valence-electron chi connectivity index (χ3n) is 3.03. The number of rotatable bonds is 4. The van der Waals surface area contributed by atoms with Gasteiger partial charge in [0, 0.05) is 29.3 Å². The molecule has 2 aromatic rings. The standard InChI is InChI=1S/C17H18N2O2S/c1-11-4-7-14(8-5-11)22-16-9-6-13(17(21)18-3)10-15(16)19-12(2)20/h4-10H,1-3H3,(H,18,21)(H,19,20). The lowest BCUT2D eigenvalue weighted by atomic mass is 10.2. The van der Waals surface area contributed by atoms with Gasteiger partial charge in [-0.2, -0.15) is 0 Å². The van der Waals surface area contributed by atoms with E-state index in [0.29, 0.717) is 11.3 Å². The number of amides is 2. The van der Waals surface area contributed by atoms with Gasteiger partial charge < -0.3 is 10.6 Å². The molecular formula is C17H18N2O2S. The Hall–Kier alpha value is -2.27. The third kappa shape index (κ3) is 4.11. The molecule has 5 heteroatoms. The van der Waals surface area contributed by atoms with E-state index >= 15 is 0 Å². The Morgan fingerprint density at radius 3 is 2.32 bits per heavy atom. The lowest BCUT2D eigenvalue weighted by molar-refractivity contribution is -0.114. The summed E-state index contributed by atoms with van der Waals surface area (Å²) in [5, 5.41) is 5.36. The van der Waals surface area contributed by atoms with Gasteiger partial charge in [-0.05, 0) is 37.3 Å². The predicted octanol–water partition coefficient (Wildman–Crippen LogP) is 3.46. The van der Waals surface area contributed by atoms with Gasteiger partial charge in [-0.25, -0.2) is 0 Å². The maximum Gasteiger partial charge on any atom is 0.251 e. The molecule has 114 valence electrons. The normalized spacial score (nSPS) is 10.1. The molecule has 0 aliphatic carbocycles. The Balaban J connectivity index is 2.34. The molecule has 0 fully saturated rings. The second-order valence-corrected chi connectivity index (χ2v) is 6.00. The van der Waals surface area contributed by atoms with Crippen molar-refractivity contribution in [3.63, 3.8) is 0 Å². The van der Waals surface area contributed by atoms with E-state index in [2.05, 4.69) is 10.6 Å². The van der Waals surface area contributed by atoms with Crippen LogP contribution in [0.4, 0.5) is 5.69 Å². The SMILES string of the molecule is CNC(=O)c1ccc(Sc2ccc(C)cc2)c(NC(C)=O)c1. The molecule has 2 amide bonds. The van der Waals surface area contributed by atoms with Crippen LogP contribution in [0.5, 0.6) is 0 Å². The number of benzene rings is 2. The first-order valence-corrected chi connectivity index (χ1v) is 7.69. The fraction of sp³-hybridized carbons (Fsp3) is 0.176. The van der Waals surface area contributed by atoms with Crippen LogP contribution < -0.4 is 10.6 Å². The van der Waals surface area contributed by atoms with Crippen LogP contribution in [0.3, 0.4) is 0 Å². The van der Waals surface area contributed by atoms with Gasteiger partial charge in [-0.3, -0.25) is 9.59 Å². The third-order valence-corrected chi connectivity index (χ3v) is 4.11. The fourth-order valence-electron chi connectivity index (χ4n) is 1.93. The molecule has 0 spiro atoms. The number of anilines is 1. The maximum absolute atomic E-state index is 11.7. The van der Waals surface area contributed by atoms with E-state index in [1.54, 1.807) is 30.9 Å². The van der Waals surface area contributed by atoms with Crippen molar-refractivity contribution >= 4 is 29.3 Å². The summed E-state index contributed by atoms with van der Waals surface area (Å²) < 4.78 is 0. The number of aryl methyl sites for hydroxylation is 1. The average Bonchev–Trinajstić information content (AvgIpc) is 2.50. The first kappa shape index (κ1) is 16.1. The summed E-state index contributed by atoms with van der Waals surface area (Å²) in [6, 6.07) is 13.4. The van der Waals surface area contributed by atoms with E-state index in [1.165, 1.54) is 12.5 Å². The Bertz CT molecular complexity index is 696. The number of carbonyl (C=O) groups excluding carboxylic acids is 2. The molecule has 0 saturated heterocycles. The molecule has 0 bridgehead atoms. The molecule has 22 heavy (non-hydrogen) atoms. The van der Waals surface area contributed by atoms with Crippen molar-refractivity contribution in [2.75, 3.05) is 12.4 Å². The molecule has 0 radical (unpaired) electrons. The van der Waals surface area contributed by atoms with Crippen LogP contribution in [-0.4, -0.2) is 18.9 Å². The summed E-state index contributed by atoms with van der Waals surface area (Å²) >= 11 is 1.55. The topological polar surface area (TPSA) is 58.2 Å². The zero-order valence-electron chi connectivity index (χ0n) is 12.8. The Labute approximate surface area is 134 Å². The summed E-state index contributed by atoms with van der Waals surface area (Å²) in [4.78, 5) is 25.1. The molecule has 0 unspecified atom stereocenters. The summed E-state index contributed by atoms with van der Waals surface area (Å²) in [6.45, 7) is 3.49. The molecule has 0 atom stereocenters. The quantitative estimate of drug-likeness (QED) is 0.908. The molecular weight excluding hydrogens is 296 g/mol. The Morgan fingerprint density at radius 2 is 1.73 bits per heavy atom. The van der Waals surface area contributed by atoms with Gasteiger partial charge >= 0.3 is 0 Å². The second-order valence-electron chi connectivity index (χ2n) is 4.89. The van der Waals surface area contributed by atoms with E-state index in [0.717, 1.165) is 9.79 Å². The van der Waals surface area contributed by atoms with Gasteiger partial charge in [0.25, 0.3) is 5.91 Å². The van der Waals surface area contributed by atoms with Crippen molar-refractivity contribution in [1.29, 1.82) is 0 Å². The molecule has 2 aromatic carbocycles. The highest BCUT2D eigenvalue weighted by Gasteiger charge is 2.11. The van der Waals surface area contributed by atoms with Gasteiger partial charge in [0.15, 0.2) is 0 Å². The molecule has 0 aliphatic heterocycles. The molecule has 0 heterocycles. The van der Waals surface area contributed by atoms with Gasteiger partial charge in [0.2, 0.25) is 5.91 Å². The first-order valence-electron chi connectivity index (χ1n) is 6.88. The number of nitrogens with one attached hydrogen (secondary N) is 2. The Morgan fingerprint density at radius 1 is 1.05 bits per heavy atom. The second kappa shape index (κ2) is 7.13. The summed E-state index contributed by atoms with van der Waals surface area (Å²) in [7, 11) is 1.58. The van der Waals surface area contributed by atoms with Crippen molar-refractivity contribution in [2.45, 2.75) is 23.6 Å². The smallest absolute Gasteiger partial charge is 0.251 e. The van der Waals surface area contributed by atoms with Crippen molar-refractivity contribution in [1.82, 2.24) is 5.32 Å². The van der Waals surface area contributed by atoms with E-state index < -0.39 is 0 Å². The van der Waals surface area contributed by atoms with Crippen molar-refractivity contribution in [2.24, 2.45) is 0 Å². The fourth-order valence-corrected chi connectivity index (χ4v) is 2.81. The monoisotopic (exact) mass is 314 g/mol. The van der Waals surface area contributed by atoms with Crippen molar-refractivity contribution in [3.05, 3.63) is 53.6 Å². The first-order chi connectivity index (χ1) is 10.5. The van der Waals surface area contributed by atoms with Crippen LogP contribution in [0.1, 0.15) is 22.8 Å². The minimum absolute atomic E-state index is 0.167. The van der Waals surface area contributed by atoms with Crippen LogP contribution in [0.15, 0.2) is 52.3 Å². The lowest BCUT2D eigenvalue weighted by Gasteiger charge is -2.11. The van der Waals surface area contributed by atoms with E-state index in [9.17, 15) is 9.59 Å². The zero-order valence-corrected chi connectivity index (χ0v) is 13.6. The highest BCUT2D eigenvalue weighted by molar-refractivity contribution is 7.99. The zero-order chi connectivity index (χ0) is 16.1. The molecule has 0 saturated carbocycles. The minimum atomic E-state index is -0.182. The average molecular weight is 314 g/mol. The summed E-state index contributed by atoms with van der Waals surface area (Å²) in [5.41, 5.74) is 2.35. The Kier molecular flexibility index (Phi) is 5.22. The number of hydrogen-bond acceptors (Lipinski definition) is 3. The van der Waals surface area contributed by atoms with Gasteiger partial charge in [-0.1, -0.05) is 29.5 Å². The molecule has 0 aliphatic rings. The van der Waals surface area contributed by atoms with Crippen LogP contribution in [-0.2, 0) is 4.79 Å². The van der Waals surface area contributed by atoms with Gasteiger partial charge in [-0.15, -0.1) is 0 Å². The molecule has 2 N–H and O–H groups in total. The molecule has 4 nitrogen and oxygen atoms in total. The summed E-state index contributed by atoms with van der Waals surface area (Å²) in [5.74, 6) is -0.349. The summed E-state index contributed by atoms with van der Waals surface area (Å²) in [6.07, 6.45) is 0. The van der Waals surface area contributed by atoms with Crippen molar-refractivity contribution < 1.29 is 9.59 Å². The highest BCUT2D eigenvalue weighted by Crippen LogP contribution is 2.34. The van der Waals surface area contributed by atoms with Gasteiger partial charge in [0.05, 0.1) is 5.69 Å². The van der Waals surface area contributed by atoms with Crippen LogP contribution in [0.25, 0.3) is 0 Å². The van der Waals surface area contributed by atoms with E-state index in [1.807, 2.05) is 37.3 Å². The van der Waals surface area contributed by atoms with E-state index in [4.69, 9.17) is 0 Å². The highest BCUT2D eigenvalue weighted by atomic mass is 32.2. The van der Waals surface area contributed by atoms with Crippen LogP contribution in [0.2, 0.25) is 0 Å². The predicted molar refractivity (Wildman–Crippen MR) is 89.4 cm³/mol. The van der Waals surface area contributed by atoms with Crippen LogP contribution in [0, 0.1) is 6.92 Å². The number of carbonyl (C=O) groups is 2. The minimum Gasteiger partial charge on any atom is -0.355 e. The largest absolute Gasteiger partial charge is 0.355 e. The maximum atomic E-state index is 11.7. The van der Waals surface area contributed by atoms with Crippen LogP contribution >= 0.6 is 11.8 Å². The number of hydrogen-bond donors (Lipinski definition) is 2.